The molecule has 24 heavy (non-hydrogen) atoms. The van der Waals surface area contributed by atoms with E-state index < -0.39 is 6.10 Å². The second-order valence-corrected chi connectivity index (χ2v) is 6.99. The molecule has 1 aliphatic heterocycles. The zero-order valence-electron chi connectivity index (χ0n) is 14.3. The molecule has 2 aromatic rings. The van der Waals surface area contributed by atoms with Gasteiger partial charge in [-0.25, -0.2) is 4.98 Å². The standard InChI is InChI=1S/C19H24N4O/c1-12-9-18(22-19(20-12)21-17-5-6-17)23-8-7-15-10-14(13(2)24)3-4-16(15)11-23/h3-4,9-10,13,17,24H,5-8,11H2,1-2H3,(H,20,21,22)/t13-/m1/s1. The van der Waals surface area contributed by atoms with Gasteiger partial charge in [-0.2, -0.15) is 4.98 Å². The van der Waals surface area contributed by atoms with Crippen LogP contribution in [0.3, 0.4) is 0 Å². The Balaban J connectivity index is 1.56. The monoisotopic (exact) mass is 324 g/mol. The van der Waals surface area contributed by atoms with E-state index in [1.807, 2.05) is 19.9 Å². The fourth-order valence-electron chi connectivity index (χ4n) is 3.22. The van der Waals surface area contributed by atoms with Crippen molar-refractivity contribution in [2.24, 2.45) is 0 Å². The van der Waals surface area contributed by atoms with E-state index >= 15 is 0 Å². The number of aryl methyl sites for hydroxylation is 1. The van der Waals surface area contributed by atoms with Crippen molar-refractivity contribution in [1.29, 1.82) is 0 Å². The predicted molar refractivity (Wildman–Crippen MR) is 95.2 cm³/mol. The highest BCUT2D eigenvalue weighted by atomic mass is 16.3. The minimum atomic E-state index is -0.408. The Bertz CT molecular complexity index is 755. The van der Waals surface area contributed by atoms with E-state index in [-0.39, 0.29) is 0 Å². The minimum absolute atomic E-state index is 0.408. The Kier molecular flexibility index (Phi) is 3.88. The number of hydrogen-bond donors (Lipinski definition) is 2. The zero-order valence-corrected chi connectivity index (χ0v) is 14.3. The third-order valence-corrected chi connectivity index (χ3v) is 4.80. The predicted octanol–water partition coefficient (Wildman–Crippen LogP) is 2.98. The summed E-state index contributed by atoms with van der Waals surface area (Å²) in [6.07, 6.45) is 3.00. The van der Waals surface area contributed by atoms with Crippen LogP contribution in [-0.2, 0) is 13.0 Å². The van der Waals surface area contributed by atoms with Crippen molar-refractivity contribution < 1.29 is 5.11 Å². The van der Waals surface area contributed by atoms with Crippen LogP contribution in [0.25, 0.3) is 0 Å². The molecule has 2 aliphatic rings. The Labute approximate surface area is 142 Å². The lowest BCUT2D eigenvalue weighted by atomic mass is 9.96. The van der Waals surface area contributed by atoms with Gasteiger partial charge in [-0.15, -0.1) is 0 Å². The van der Waals surface area contributed by atoms with Crippen LogP contribution in [-0.4, -0.2) is 27.7 Å². The van der Waals surface area contributed by atoms with E-state index in [2.05, 4.69) is 33.4 Å². The number of fused-ring (bicyclic) bond motifs is 1. The van der Waals surface area contributed by atoms with Crippen molar-refractivity contribution in [1.82, 2.24) is 9.97 Å². The smallest absolute Gasteiger partial charge is 0.225 e. The third-order valence-electron chi connectivity index (χ3n) is 4.80. The largest absolute Gasteiger partial charge is 0.389 e. The van der Waals surface area contributed by atoms with E-state index in [0.29, 0.717) is 6.04 Å². The highest BCUT2D eigenvalue weighted by molar-refractivity contribution is 5.49. The van der Waals surface area contributed by atoms with Crippen molar-refractivity contribution in [2.75, 3.05) is 16.8 Å². The summed E-state index contributed by atoms with van der Waals surface area (Å²) >= 11 is 0. The van der Waals surface area contributed by atoms with Crippen LogP contribution < -0.4 is 10.2 Å². The summed E-state index contributed by atoms with van der Waals surface area (Å²) in [5.41, 5.74) is 4.65. The van der Waals surface area contributed by atoms with Crippen LogP contribution in [0.2, 0.25) is 0 Å². The average Bonchev–Trinajstić information content (AvgIpc) is 3.37. The van der Waals surface area contributed by atoms with Gasteiger partial charge in [0.25, 0.3) is 0 Å². The first-order chi connectivity index (χ1) is 11.6. The number of anilines is 2. The maximum atomic E-state index is 9.76. The molecule has 1 atom stereocenters. The normalized spacial score (nSPS) is 18.2. The van der Waals surface area contributed by atoms with Gasteiger partial charge in [-0.1, -0.05) is 18.2 Å². The van der Waals surface area contributed by atoms with Gasteiger partial charge < -0.3 is 15.3 Å². The molecule has 4 rings (SSSR count). The Morgan fingerprint density at radius 1 is 1.21 bits per heavy atom. The van der Waals surface area contributed by atoms with Crippen LogP contribution in [0.4, 0.5) is 11.8 Å². The number of nitrogens with one attached hydrogen (secondary N) is 1. The van der Waals surface area contributed by atoms with Crippen LogP contribution in [0.5, 0.6) is 0 Å². The number of nitrogens with zero attached hydrogens (tertiary/aromatic N) is 3. The fourth-order valence-corrected chi connectivity index (χ4v) is 3.22. The second kappa shape index (κ2) is 6.06. The summed E-state index contributed by atoms with van der Waals surface area (Å²) < 4.78 is 0. The number of aliphatic hydroxyl groups excluding tert-OH is 1. The van der Waals surface area contributed by atoms with E-state index in [1.54, 1.807) is 0 Å². The van der Waals surface area contributed by atoms with Crippen LogP contribution in [0.1, 0.15) is 48.3 Å². The van der Waals surface area contributed by atoms with Crippen molar-refractivity contribution >= 4 is 11.8 Å². The summed E-state index contributed by atoms with van der Waals surface area (Å²) in [7, 11) is 0. The van der Waals surface area contributed by atoms with E-state index in [1.165, 1.54) is 24.0 Å². The molecule has 0 saturated heterocycles. The molecule has 2 heterocycles. The lowest BCUT2D eigenvalue weighted by Gasteiger charge is -2.30. The number of rotatable bonds is 4. The van der Waals surface area contributed by atoms with Crippen LogP contribution in [0.15, 0.2) is 24.3 Å². The molecule has 1 aromatic carbocycles. The first-order valence-electron chi connectivity index (χ1n) is 8.75. The first-order valence-corrected chi connectivity index (χ1v) is 8.75. The highest BCUT2D eigenvalue weighted by Crippen LogP contribution is 2.28. The van der Waals surface area contributed by atoms with Gasteiger partial charge >= 0.3 is 0 Å². The second-order valence-electron chi connectivity index (χ2n) is 6.99. The minimum Gasteiger partial charge on any atom is -0.389 e. The molecule has 0 amide bonds. The number of benzene rings is 1. The number of aliphatic hydroxyl groups is 1. The number of hydrogen-bond acceptors (Lipinski definition) is 5. The first kappa shape index (κ1) is 15.4. The van der Waals surface area contributed by atoms with Gasteiger partial charge in [0.1, 0.15) is 5.82 Å². The van der Waals surface area contributed by atoms with Gasteiger partial charge in [0.05, 0.1) is 6.10 Å². The molecule has 1 saturated carbocycles. The number of aromatic nitrogens is 2. The summed E-state index contributed by atoms with van der Waals surface area (Å²) in [4.78, 5) is 11.5. The molecular weight excluding hydrogens is 300 g/mol. The topological polar surface area (TPSA) is 61.3 Å². The van der Waals surface area contributed by atoms with E-state index in [9.17, 15) is 5.11 Å². The van der Waals surface area contributed by atoms with E-state index in [4.69, 9.17) is 4.98 Å². The van der Waals surface area contributed by atoms with Gasteiger partial charge in [0.2, 0.25) is 5.95 Å². The van der Waals surface area contributed by atoms with Crippen molar-refractivity contribution in [2.45, 2.75) is 51.8 Å². The average molecular weight is 324 g/mol. The Morgan fingerprint density at radius 3 is 2.79 bits per heavy atom. The molecule has 5 nitrogen and oxygen atoms in total. The van der Waals surface area contributed by atoms with Crippen LogP contribution >= 0.6 is 0 Å². The molecule has 0 radical (unpaired) electrons. The Hall–Kier alpha value is -2.14. The highest BCUT2D eigenvalue weighted by Gasteiger charge is 2.23. The van der Waals surface area contributed by atoms with Gasteiger partial charge in [-0.05, 0) is 49.8 Å². The van der Waals surface area contributed by atoms with E-state index in [0.717, 1.165) is 42.5 Å². The molecule has 1 aromatic heterocycles. The SMILES string of the molecule is Cc1cc(N2CCc3cc([C@@H](C)O)ccc3C2)nc(NC2CC2)n1. The molecule has 0 unspecified atom stereocenters. The summed E-state index contributed by atoms with van der Waals surface area (Å²) in [6.45, 7) is 5.63. The van der Waals surface area contributed by atoms with Gasteiger partial charge in [0, 0.05) is 30.9 Å². The van der Waals surface area contributed by atoms with Crippen LogP contribution in [0, 0.1) is 6.92 Å². The summed E-state index contributed by atoms with van der Waals surface area (Å²) in [6, 6.07) is 8.93. The van der Waals surface area contributed by atoms with Crippen molar-refractivity contribution in [3.8, 4) is 0 Å². The zero-order chi connectivity index (χ0) is 16.7. The van der Waals surface area contributed by atoms with Crippen molar-refractivity contribution in [3.63, 3.8) is 0 Å². The fraction of sp³-hybridized carbons (Fsp3) is 0.474. The van der Waals surface area contributed by atoms with Crippen molar-refractivity contribution in [3.05, 3.63) is 46.6 Å². The maximum absolute atomic E-state index is 9.76. The molecule has 0 spiro atoms. The molecule has 5 heteroatoms. The molecular formula is C19H24N4O. The lowest BCUT2D eigenvalue weighted by Crippen LogP contribution is -2.31. The van der Waals surface area contributed by atoms with Gasteiger partial charge in [0.15, 0.2) is 0 Å². The summed E-state index contributed by atoms with van der Waals surface area (Å²) in [5.74, 6) is 1.75. The quantitative estimate of drug-likeness (QED) is 0.905. The molecule has 2 N–H and O–H groups in total. The molecule has 0 bridgehead atoms. The maximum Gasteiger partial charge on any atom is 0.225 e. The summed E-state index contributed by atoms with van der Waals surface area (Å²) in [5, 5.41) is 13.2. The lowest BCUT2D eigenvalue weighted by molar-refractivity contribution is 0.199. The van der Waals surface area contributed by atoms with Gasteiger partial charge in [-0.3, -0.25) is 0 Å². The Morgan fingerprint density at radius 2 is 2.04 bits per heavy atom. The molecule has 1 aliphatic carbocycles. The third kappa shape index (κ3) is 3.22. The molecule has 1 fully saturated rings. The molecule has 126 valence electrons.